The van der Waals surface area contributed by atoms with Gasteiger partial charge in [-0.05, 0) is 18.9 Å². The average Bonchev–Trinajstić information content (AvgIpc) is 3.11. The molecule has 1 unspecified atom stereocenters. The summed E-state index contributed by atoms with van der Waals surface area (Å²) in [5.74, 6) is 0.520. The highest BCUT2D eigenvalue weighted by Gasteiger charge is 2.36. The smallest absolute Gasteiger partial charge is 0.237 e. The van der Waals surface area contributed by atoms with Crippen molar-refractivity contribution in [2.45, 2.75) is 31.3 Å². The van der Waals surface area contributed by atoms with Crippen molar-refractivity contribution in [2.75, 3.05) is 37.7 Å². The fraction of sp³-hybridized carbons (Fsp3) is 0.611. The molecule has 2 N–H and O–H groups in total. The topological polar surface area (TPSA) is 83.7 Å². The number of rotatable bonds is 5. The number of carbonyl (C=O) groups is 1. The van der Waals surface area contributed by atoms with Gasteiger partial charge in [-0.1, -0.05) is 30.3 Å². The van der Waals surface area contributed by atoms with Crippen LogP contribution < -0.4 is 5.73 Å². The number of benzene rings is 1. The van der Waals surface area contributed by atoms with E-state index in [4.69, 9.17) is 5.73 Å². The first kappa shape index (κ1) is 18.4. The molecule has 1 amide bonds. The van der Waals surface area contributed by atoms with Crippen molar-refractivity contribution in [1.82, 2.24) is 9.80 Å². The van der Waals surface area contributed by atoms with E-state index in [-0.39, 0.29) is 35.4 Å². The molecular formula is C18H27N3O3S. The largest absolute Gasteiger partial charge is 0.338 e. The second-order valence-electron chi connectivity index (χ2n) is 7.11. The number of likely N-dealkylation sites (tertiary alicyclic amines) is 1. The molecule has 7 heteroatoms. The van der Waals surface area contributed by atoms with Crippen LogP contribution in [0.25, 0.3) is 0 Å². The highest BCUT2D eigenvalue weighted by molar-refractivity contribution is 7.91. The Hall–Kier alpha value is -1.44. The highest BCUT2D eigenvalue weighted by atomic mass is 32.2. The Morgan fingerprint density at radius 3 is 2.60 bits per heavy atom. The first-order valence-electron chi connectivity index (χ1n) is 8.92. The number of nitrogens with zero attached hydrogens (tertiary/aromatic N) is 2. The molecule has 0 radical (unpaired) electrons. The maximum atomic E-state index is 12.7. The minimum Gasteiger partial charge on any atom is -0.338 e. The predicted molar refractivity (Wildman–Crippen MR) is 98.0 cm³/mol. The summed E-state index contributed by atoms with van der Waals surface area (Å²) in [4.78, 5) is 16.5. The lowest BCUT2D eigenvalue weighted by Crippen LogP contribution is -2.46. The summed E-state index contributed by atoms with van der Waals surface area (Å²) >= 11 is 0. The van der Waals surface area contributed by atoms with E-state index in [1.807, 2.05) is 25.1 Å². The van der Waals surface area contributed by atoms with Crippen molar-refractivity contribution in [2.24, 2.45) is 5.73 Å². The summed E-state index contributed by atoms with van der Waals surface area (Å²) in [7, 11) is -2.99. The molecule has 2 aliphatic rings. The second kappa shape index (κ2) is 7.43. The zero-order valence-corrected chi connectivity index (χ0v) is 15.5. The fourth-order valence-corrected chi connectivity index (χ4v) is 5.77. The van der Waals surface area contributed by atoms with Crippen LogP contribution in [0.4, 0.5) is 0 Å². The van der Waals surface area contributed by atoms with E-state index in [0.29, 0.717) is 26.1 Å². The number of sulfone groups is 1. The number of amides is 1. The number of hydrogen-bond acceptors (Lipinski definition) is 5. The summed E-state index contributed by atoms with van der Waals surface area (Å²) in [6.07, 6.45) is 0.550. The van der Waals surface area contributed by atoms with E-state index in [9.17, 15) is 13.2 Å². The molecule has 2 heterocycles. The Morgan fingerprint density at radius 1 is 1.28 bits per heavy atom. The maximum Gasteiger partial charge on any atom is 0.237 e. The molecule has 3 atom stereocenters. The van der Waals surface area contributed by atoms with E-state index in [1.54, 1.807) is 4.90 Å². The molecule has 25 heavy (non-hydrogen) atoms. The summed E-state index contributed by atoms with van der Waals surface area (Å²) in [5, 5.41) is 0. The van der Waals surface area contributed by atoms with Gasteiger partial charge in [0.1, 0.15) is 0 Å². The molecule has 2 saturated heterocycles. The van der Waals surface area contributed by atoms with Crippen LogP contribution in [-0.4, -0.2) is 73.9 Å². The van der Waals surface area contributed by atoms with Crippen LogP contribution in [0.1, 0.15) is 24.8 Å². The second-order valence-corrected chi connectivity index (χ2v) is 9.34. The fourth-order valence-electron chi connectivity index (χ4n) is 4.04. The first-order valence-corrected chi connectivity index (χ1v) is 10.7. The molecule has 0 spiro atoms. The van der Waals surface area contributed by atoms with Gasteiger partial charge in [0, 0.05) is 37.6 Å². The van der Waals surface area contributed by atoms with Gasteiger partial charge in [-0.2, -0.15) is 0 Å². The molecule has 0 saturated carbocycles. The van der Waals surface area contributed by atoms with Crippen LogP contribution in [0.5, 0.6) is 0 Å². The van der Waals surface area contributed by atoms with Crippen molar-refractivity contribution >= 4 is 15.7 Å². The first-order chi connectivity index (χ1) is 11.9. The summed E-state index contributed by atoms with van der Waals surface area (Å²) < 4.78 is 23.4. The Balaban J connectivity index is 1.61. The lowest BCUT2D eigenvalue weighted by Gasteiger charge is -2.29. The van der Waals surface area contributed by atoms with Crippen molar-refractivity contribution in [3.63, 3.8) is 0 Å². The lowest BCUT2D eigenvalue weighted by atomic mass is 9.95. The van der Waals surface area contributed by atoms with Gasteiger partial charge in [0.2, 0.25) is 5.91 Å². The number of carbonyl (C=O) groups excluding carboxylic acids is 1. The van der Waals surface area contributed by atoms with Crippen LogP contribution in [-0.2, 0) is 14.6 Å². The molecule has 3 rings (SSSR count). The van der Waals surface area contributed by atoms with Gasteiger partial charge in [0.25, 0.3) is 0 Å². The standard InChI is InChI=1S/C18H27N3O3S/c1-2-21(15-8-9-25(23,24)13-15)18(22)12-20-10-16(17(19)11-20)14-6-4-3-5-7-14/h3-7,15-17H,2,8-13,19H2,1H3/t15?,16-,17+/m0/s1. The SMILES string of the molecule is CCN(C(=O)CN1C[C@@H](N)[C@H](c2ccccc2)C1)C1CCS(=O)(=O)C1. The van der Waals surface area contributed by atoms with Crippen LogP contribution in [0, 0.1) is 0 Å². The van der Waals surface area contributed by atoms with Gasteiger partial charge in [0.15, 0.2) is 9.84 Å². The maximum absolute atomic E-state index is 12.7. The van der Waals surface area contributed by atoms with Crippen LogP contribution >= 0.6 is 0 Å². The molecule has 138 valence electrons. The normalized spacial score (nSPS) is 29.0. The van der Waals surface area contributed by atoms with Crippen molar-refractivity contribution in [3.05, 3.63) is 35.9 Å². The Kier molecular flexibility index (Phi) is 5.46. The quantitative estimate of drug-likeness (QED) is 0.819. The van der Waals surface area contributed by atoms with E-state index in [2.05, 4.69) is 17.0 Å². The zero-order valence-electron chi connectivity index (χ0n) is 14.7. The molecular weight excluding hydrogens is 338 g/mol. The van der Waals surface area contributed by atoms with E-state index in [1.165, 1.54) is 5.56 Å². The van der Waals surface area contributed by atoms with Gasteiger partial charge >= 0.3 is 0 Å². The monoisotopic (exact) mass is 365 g/mol. The predicted octanol–water partition coefficient (Wildman–Crippen LogP) is 0.449. The van der Waals surface area contributed by atoms with Gasteiger partial charge in [0.05, 0.1) is 18.1 Å². The Bertz CT molecular complexity index is 708. The number of likely N-dealkylation sites (N-methyl/N-ethyl adjacent to an activating group) is 1. The van der Waals surface area contributed by atoms with Gasteiger partial charge < -0.3 is 10.6 Å². The molecule has 0 bridgehead atoms. The van der Waals surface area contributed by atoms with Gasteiger partial charge in [-0.25, -0.2) is 8.42 Å². The minimum absolute atomic E-state index is 0.00510. The van der Waals surface area contributed by atoms with Crippen LogP contribution in [0.2, 0.25) is 0 Å². The van der Waals surface area contributed by atoms with Crippen molar-refractivity contribution in [3.8, 4) is 0 Å². The third-order valence-electron chi connectivity index (χ3n) is 5.34. The third kappa shape index (κ3) is 4.22. The lowest BCUT2D eigenvalue weighted by molar-refractivity contribution is -0.133. The zero-order chi connectivity index (χ0) is 18.0. The molecule has 0 aliphatic carbocycles. The van der Waals surface area contributed by atoms with E-state index >= 15 is 0 Å². The third-order valence-corrected chi connectivity index (χ3v) is 7.09. The molecule has 1 aromatic carbocycles. The molecule has 1 aromatic rings. The van der Waals surface area contributed by atoms with Gasteiger partial charge in [-0.3, -0.25) is 9.69 Å². The Labute approximate surface area is 149 Å². The highest BCUT2D eigenvalue weighted by Crippen LogP contribution is 2.26. The van der Waals surface area contributed by atoms with Crippen LogP contribution in [0.15, 0.2) is 30.3 Å². The van der Waals surface area contributed by atoms with Crippen LogP contribution in [0.3, 0.4) is 0 Å². The summed E-state index contributed by atoms with van der Waals surface area (Å²) in [5.41, 5.74) is 7.51. The molecule has 2 fully saturated rings. The average molecular weight is 365 g/mol. The summed E-state index contributed by atoms with van der Waals surface area (Å²) in [6, 6.07) is 10.0. The van der Waals surface area contributed by atoms with Crippen molar-refractivity contribution in [1.29, 1.82) is 0 Å². The molecule has 6 nitrogen and oxygen atoms in total. The Morgan fingerprint density at radius 2 is 2.00 bits per heavy atom. The number of nitrogens with two attached hydrogens (primary N) is 1. The molecule has 0 aromatic heterocycles. The van der Waals surface area contributed by atoms with E-state index < -0.39 is 9.84 Å². The molecule has 2 aliphatic heterocycles. The van der Waals surface area contributed by atoms with Crippen molar-refractivity contribution < 1.29 is 13.2 Å². The minimum atomic E-state index is -2.99. The van der Waals surface area contributed by atoms with E-state index in [0.717, 1.165) is 6.54 Å². The van der Waals surface area contributed by atoms with Gasteiger partial charge in [-0.15, -0.1) is 0 Å². The number of hydrogen-bond donors (Lipinski definition) is 1. The summed E-state index contributed by atoms with van der Waals surface area (Å²) in [6.45, 7) is 4.21.